The third kappa shape index (κ3) is 4.36. The molecule has 1 atom stereocenters. The van der Waals surface area contributed by atoms with Gasteiger partial charge >= 0.3 is 0 Å². The third-order valence-corrected chi connectivity index (χ3v) is 4.07. The van der Waals surface area contributed by atoms with Crippen LogP contribution in [0.5, 0.6) is 0 Å². The van der Waals surface area contributed by atoms with Gasteiger partial charge in [-0.3, -0.25) is 0 Å². The van der Waals surface area contributed by atoms with Crippen LogP contribution < -0.4 is 0 Å². The van der Waals surface area contributed by atoms with Gasteiger partial charge in [0.15, 0.2) is 0 Å². The average molecular weight is 225 g/mol. The highest BCUT2D eigenvalue weighted by molar-refractivity contribution is 7.89. The molecule has 0 aliphatic heterocycles. The highest BCUT2D eigenvalue weighted by atomic mass is 32.2. The van der Waals surface area contributed by atoms with E-state index in [0.717, 1.165) is 0 Å². The van der Waals surface area contributed by atoms with Crippen LogP contribution in [0.4, 0.5) is 0 Å². The second-order valence-corrected chi connectivity index (χ2v) is 5.36. The molecule has 14 heavy (non-hydrogen) atoms. The van der Waals surface area contributed by atoms with Gasteiger partial charge in [-0.1, -0.05) is 0 Å². The first-order valence-electron chi connectivity index (χ1n) is 4.51. The highest BCUT2D eigenvalue weighted by Gasteiger charge is 2.22. The zero-order valence-electron chi connectivity index (χ0n) is 8.93. The first-order chi connectivity index (χ1) is 6.45. The van der Waals surface area contributed by atoms with E-state index in [-0.39, 0.29) is 24.8 Å². The summed E-state index contributed by atoms with van der Waals surface area (Å²) in [4.78, 5) is 0. The third-order valence-electron chi connectivity index (χ3n) is 2.03. The van der Waals surface area contributed by atoms with Gasteiger partial charge in [0.25, 0.3) is 0 Å². The summed E-state index contributed by atoms with van der Waals surface area (Å²) in [5.41, 5.74) is 0. The molecule has 0 saturated carbocycles. The van der Waals surface area contributed by atoms with Crippen molar-refractivity contribution >= 4 is 10.0 Å². The van der Waals surface area contributed by atoms with E-state index in [1.807, 2.05) is 0 Å². The number of aliphatic hydroxyl groups is 1. The normalized spacial score (nSPS) is 14.6. The first-order valence-corrected chi connectivity index (χ1v) is 6.12. The van der Waals surface area contributed by atoms with Crippen molar-refractivity contribution in [3.8, 4) is 0 Å². The van der Waals surface area contributed by atoms with Gasteiger partial charge in [-0.25, -0.2) is 8.42 Å². The van der Waals surface area contributed by atoms with Crippen LogP contribution in [0, 0.1) is 0 Å². The van der Waals surface area contributed by atoms with Crippen LogP contribution in [0.25, 0.3) is 0 Å². The lowest BCUT2D eigenvalue weighted by molar-refractivity contribution is 0.149. The van der Waals surface area contributed by atoms with E-state index in [0.29, 0.717) is 6.61 Å². The first kappa shape index (κ1) is 13.8. The zero-order valence-corrected chi connectivity index (χ0v) is 9.75. The standard InChI is InChI=1S/C8H19NO4S/c1-8(7-13-3)9(2)14(11,12)6-4-5-10/h8,10H,4-7H2,1-3H3. The monoisotopic (exact) mass is 225 g/mol. The van der Waals surface area contributed by atoms with E-state index < -0.39 is 10.0 Å². The summed E-state index contributed by atoms with van der Waals surface area (Å²) >= 11 is 0. The fraction of sp³-hybridized carbons (Fsp3) is 1.00. The van der Waals surface area contributed by atoms with Crippen molar-refractivity contribution in [2.75, 3.05) is 33.1 Å². The molecule has 0 fully saturated rings. The Morgan fingerprint density at radius 3 is 2.50 bits per heavy atom. The second-order valence-electron chi connectivity index (χ2n) is 3.21. The smallest absolute Gasteiger partial charge is 0.214 e. The molecule has 0 rings (SSSR count). The maximum absolute atomic E-state index is 11.6. The van der Waals surface area contributed by atoms with Crippen LogP contribution in [0.3, 0.4) is 0 Å². The van der Waals surface area contributed by atoms with Crippen LogP contribution in [0.2, 0.25) is 0 Å². The Balaban J connectivity index is 4.27. The molecule has 0 radical (unpaired) electrons. The summed E-state index contributed by atoms with van der Waals surface area (Å²) in [5, 5.41) is 8.55. The lowest BCUT2D eigenvalue weighted by Gasteiger charge is -2.23. The molecule has 0 aromatic carbocycles. The predicted molar refractivity (Wildman–Crippen MR) is 54.6 cm³/mol. The zero-order chi connectivity index (χ0) is 11.2. The Bertz CT molecular complexity index is 240. The van der Waals surface area contributed by atoms with E-state index in [1.54, 1.807) is 6.92 Å². The molecule has 5 nitrogen and oxygen atoms in total. The second kappa shape index (κ2) is 6.34. The predicted octanol–water partition coefficient (Wildman–Crippen LogP) is -0.335. The molecule has 0 spiro atoms. The Morgan fingerprint density at radius 2 is 2.07 bits per heavy atom. The Labute approximate surface area is 85.7 Å². The van der Waals surface area contributed by atoms with Crippen molar-refractivity contribution in [3.05, 3.63) is 0 Å². The molecule has 0 aromatic heterocycles. The summed E-state index contributed by atoms with van der Waals surface area (Å²) in [6.45, 7) is 2.04. The summed E-state index contributed by atoms with van der Waals surface area (Å²) < 4.78 is 29.3. The lowest BCUT2D eigenvalue weighted by atomic mass is 10.4. The van der Waals surface area contributed by atoms with Gasteiger partial charge in [-0.15, -0.1) is 0 Å². The van der Waals surface area contributed by atoms with E-state index in [9.17, 15) is 8.42 Å². The van der Waals surface area contributed by atoms with Gasteiger partial charge in [-0.05, 0) is 13.3 Å². The number of likely N-dealkylation sites (N-methyl/N-ethyl adjacent to an activating group) is 1. The van der Waals surface area contributed by atoms with Gasteiger partial charge in [0.1, 0.15) is 0 Å². The van der Waals surface area contributed by atoms with E-state index in [1.165, 1.54) is 18.5 Å². The van der Waals surface area contributed by atoms with Gasteiger partial charge in [0.2, 0.25) is 10.0 Å². The number of hydrogen-bond donors (Lipinski definition) is 1. The Hall–Kier alpha value is -0.170. The number of aliphatic hydroxyl groups excluding tert-OH is 1. The molecule has 0 aromatic rings. The Kier molecular flexibility index (Phi) is 6.26. The SMILES string of the molecule is COCC(C)N(C)S(=O)(=O)CCCO. The molecule has 86 valence electrons. The van der Waals surface area contributed by atoms with E-state index in [4.69, 9.17) is 9.84 Å². The quantitative estimate of drug-likeness (QED) is 0.644. The summed E-state index contributed by atoms with van der Waals surface area (Å²) in [6.07, 6.45) is 0.270. The molecule has 0 amide bonds. The van der Waals surface area contributed by atoms with Crippen molar-refractivity contribution in [2.24, 2.45) is 0 Å². The molecular weight excluding hydrogens is 206 g/mol. The minimum absolute atomic E-state index is 0.0198. The molecular formula is C8H19NO4S. The van der Waals surface area contributed by atoms with Crippen molar-refractivity contribution in [1.82, 2.24) is 4.31 Å². The largest absolute Gasteiger partial charge is 0.396 e. The lowest BCUT2D eigenvalue weighted by Crippen LogP contribution is -2.39. The van der Waals surface area contributed by atoms with Crippen LogP contribution in [0.15, 0.2) is 0 Å². The maximum Gasteiger partial charge on any atom is 0.214 e. The fourth-order valence-electron chi connectivity index (χ4n) is 1.01. The van der Waals surface area contributed by atoms with E-state index in [2.05, 4.69) is 0 Å². The molecule has 0 bridgehead atoms. The van der Waals surface area contributed by atoms with Gasteiger partial charge in [-0.2, -0.15) is 4.31 Å². The Morgan fingerprint density at radius 1 is 1.50 bits per heavy atom. The van der Waals surface area contributed by atoms with Crippen molar-refractivity contribution in [3.63, 3.8) is 0 Å². The van der Waals surface area contributed by atoms with Gasteiger partial charge in [0, 0.05) is 26.8 Å². The molecule has 0 aliphatic rings. The number of rotatable bonds is 7. The average Bonchev–Trinajstić information content (AvgIpc) is 2.14. The minimum atomic E-state index is -3.25. The fourth-order valence-corrected chi connectivity index (χ4v) is 2.40. The van der Waals surface area contributed by atoms with Crippen molar-refractivity contribution in [1.29, 1.82) is 0 Å². The van der Waals surface area contributed by atoms with E-state index >= 15 is 0 Å². The van der Waals surface area contributed by atoms with Crippen LogP contribution in [-0.4, -0.2) is 57.0 Å². The van der Waals surface area contributed by atoms with Gasteiger partial charge in [0.05, 0.1) is 12.4 Å². The molecule has 1 N–H and O–H groups in total. The number of ether oxygens (including phenoxy) is 1. The van der Waals surface area contributed by atoms with Crippen molar-refractivity contribution in [2.45, 2.75) is 19.4 Å². The molecule has 1 unspecified atom stereocenters. The molecule has 0 aliphatic carbocycles. The van der Waals surface area contributed by atoms with Crippen LogP contribution >= 0.6 is 0 Å². The number of methoxy groups -OCH3 is 1. The minimum Gasteiger partial charge on any atom is -0.396 e. The number of nitrogens with zero attached hydrogens (tertiary/aromatic N) is 1. The van der Waals surface area contributed by atoms with Crippen molar-refractivity contribution < 1.29 is 18.3 Å². The number of hydrogen-bond acceptors (Lipinski definition) is 4. The summed E-state index contributed by atoms with van der Waals surface area (Å²) in [5.74, 6) is -0.0198. The molecule has 6 heteroatoms. The van der Waals surface area contributed by atoms with Gasteiger partial charge < -0.3 is 9.84 Å². The summed E-state index contributed by atoms with van der Waals surface area (Å²) in [6, 6.07) is -0.177. The van der Waals surface area contributed by atoms with Crippen LogP contribution in [-0.2, 0) is 14.8 Å². The maximum atomic E-state index is 11.6. The topological polar surface area (TPSA) is 66.8 Å². The highest BCUT2D eigenvalue weighted by Crippen LogP contribution is 2.06. The molecule has 0 heterocycles. The van der Waals surface area contributed by atoms with Crippen LogP contribution in [0.1, 0.15) is 13.3 Å². The molecule has 0 saturated heterocycles. The summed E-state index contributed by atoms with van der Waals surface area (Å²) in [7, 11) is -0.194. The number of sulfonamides is 1.